The minimum atomic E-state index is -0.118. The Morgan fingerprint density at radius 2 is 1.96 bits per heavy atom. The smallest absolute Gasteiger partial charge is 0.227 e. The highest BCUT2D eigenvalue weighted by Gasteiger charge is 2.43. The number of carbonyl (C=O) groups is 2. The van der Waals surface area contributed by atoms with E-state index >= 15 is 0 Å². The van der Waals surface area contributed by atoms with Crippen molar-refractivity contribution < 1.29 is 9.59 Å². The monoisotopic (exact) mass is 316 g/mol. The van der Waals surface area contributed by atoms with Crippen molar-refractivity contribution >= 4 is 11.8 Å². The lowest BCUT2D eigenvalue weighted by atomic mass is 9.94. The number of aryl methyl sites for hydroxylation is 1. The Morgan fingerprint density at radius 3 is 2.57 bits per heavy atom. The molecular weight excluding hydrogens is 292 g/mol. The number of carbonyl (C=O) groups excluding carboxylic acids is 2. The van der Waals surface area contributed by atoms with Crippen LogP contribution < -0.4 is 0 Å². The summed E-state index contributed by atoms with van der Waals surface area (Å²) < 4.78 is 2.07. The molecule has 0 N–H and O–H groups in total. The fourth-order valence-electron chi connectivity index (χ4n) is 4.02. The first-order valence-corrected chi connectivity index (χ1v) is 8.69. The molecular formula is C17H24N4O2. The molecule has 1 aromatic heterocycles. The second-order valence-corrected chi connectivity index (χ2v) is 7.17. The van der Waals surface area contributed by atoms with Crippen LogP contribution in [0.2, 0.25) is 0 Å². The molecule has 0 bridgehead atoms. The molecule has 1 atom stereocenters. The van der Waals surface area contributed by atoms with Crippen molar-refractivity contribution in [3.8, 4) is 0 Å². The molecule has 3 heterocycles. The van der Waals surface area contributed by atoms with Gasteiger partial charge in [-0.25, -0.2) is 4.98 Å². The van der Waals surface area contributed by atoms with Gasteiger partial charge in [0.25, 0.3) is 0 Å². The van der Waals surface area contributed by atoms with Gasteiger partial charge >= 0.3 is 0 Å². The summed E-state index contributed by atoms with van der Waals surface area (Å²) in [5, 5.41) is 0. The lowest BCUT2D eigenvalue weighted by molar-refractivity contribution is -0.136. The summed E-state index contributed by atoms with van der Waals surface area (Å²) in [5.41, 5.74) is 0. The number of imidazole rings is 1. The maximum absolute atomic E-state index is 12.7. The molecule has 4 rings (SSSR count). The lowest BCUT2D eigenvalue weighted by Gasteiger charge is -2.33. The van der Waals surface area contributed by atoms with Gasteiger partial charge in [0, 0.05) is 57.5 Å². The van der Waals surface area contributed by atoms with Crippen molar-refractivity contribution in [2.45, 2.75) is 44.1 Å². The van der Waals surface area contributed by atoms with Gasteiger partial charge in [0.2, 0.25) is 11.8 Å². The zero-order chi connectivity index (χ0) is 16.0. The molecule has 3 aliphatic rings. The third-order valence-electron chi connectivity index (χ3n) is 5.53. The Labute approximate surface area is 136 Å². The molecule has 0 aromatic carbocycles. The number of amides is 2. The largest absolute Gasteiger partial charge is 0.342 e. The lowest BCUT2D eigenvalue weighted by Crippen LogP contribution is -2.42. The van der Waals surface area contributed by atoms with E-state index in [1.165, 1.54) is 0 Å². The van der Waals surface area contributed by atoms with Gasteiger partial charge in [-0.15, -0.1) is 0 Å². The number of hydrogen-bond acceptors (Lipinski definition) is 3. The highest BCUT2D eigenvalue weighted by molar-refractivity contribution is 5.89. The van der Waals surface area contributed by atoms with E-state index in [2.05, 4.69) is 9.55 Å². The topological polar surface area (TPSA) is 58.4 Å². The molecule has 0 unspecified atom stereocenters. The second-order valence-electron chi connectivity index (χ2n) is 7.17. The van der Waals surface area contributed by atoms with Crippen molar-refractivity contribution in [2.75, 3.05) is 19.6 Å². The van der Waals surface area contributed by atoms with Crippen molar-refractivity contribution in [1.82, 2.24) is 19.4 Å². The van der Waals surface area contributed by atoms with Gasteiger partial charge in [0.15, 0.2) is 0 Å². The molecule has 0 spiro atoms. The summed E-state index contributed by atoms with van der Waals surface area (Å²) in [6.45, 7) is 2.20. The Bertz CT molecular complexity index is 614. The number of likely N-dealkylation sites (tertiary alicyclic amines) is 2. The highest BCUT2D eigenvalue weighted by atomic mass is 16.2. The number of rotatable bonds is 3. The molecule has 2 aliphatic heterocycles. The van der Waals surface area contributed by atoms with Crippen LogP contribution in [0.4, 0.5) is 0 Å². The van der Waals surface area contributed by atoms with Gasteiger partial charge < -0.3 is 14.4 Å². The third-order valence-corrected chi connectivity index (χ3v) is 5.53. The Hall–Kier alpha value is -1.85. The number of piperidine rings is 1. The molecule has 6 heteroatoms. The Morgan fingerprint density at radius 1 is 1.22 bits per heavy atom. The predicted octanol–water partition coefficient (Wildman–Crippen LogP) is 1.14. The third kappa shape index (κ3) is 2.75. The van der Waals surface area contributed by atoms with E-state index in [9.17, 15) is 9.59 Å². The average Bonchev–Trinajstić information content (AvgIpc) is 3.20. The molecule has 3 fully saturated rings. The summed E-state index contributed by atoms with van der Waals surface area (Å²) in [6, 6.07) is 0.425. The summed E-state index contributed by atoms with van der Waals surface area (Å²) in [5.74, 6) is 1.79. The Balaban J connectivity index is 1.34. The molecule has 6 nitrogen and oxygen atoms in total. The molecule has 124 valence electrons. The molecule has 23 heavy (non-hydrogen) atoms. The number of hydrogen-bond donors (Lipinski definition) is 0. The molecule has 2 amide bonds. The summed E-state index contributed by atoms with van der Waals surface area (Å²) in [4.78, 5) is 33.1. The van der Waals surface area contributed by atoms with Crippen molar-refractivity contribution in [2.24, 2.45) is 13.0 Å². The molecule has 1 aromatic rings. The van der Waals surface area contributed by atoms with E-state index in [0.29, 0.717) is 24.9 Å². The second kappa shape index (κ2) is 5.65. The quantitative estimate of drug-likeness (QED) is 0.840. The molecule has 1 saturated carbocycles. The van der Waals surface area contributed by atoms with Gasteiger partial charge in [-0.1, -0.05) is 0 Å². The van der Waals surface area contributed by atoms with E-state index in [1.807, 2.05) is 29.2 Å². The van der Waals surface area contributed by atoms with Gasteiger partial charge in [-0.2, -0.15) is 0 Å². The number of aromatic nitrogens is 2. The maximum atomic E-state index is 12.7. The van der Waals surface area contributed by atoms with Crippen LogP contribution in [0.5, 0.6) is 0 Å². The Kier molecular flexibility index (Phi) is 3.62. The van der Waals surface area contributed by atoms with Gasteiger partial charge in [0.1, 0.15) is 5.82 Å². The first kappa shape index (κ1) is 14.7. The first-order valence-electron chi connectivity index (χ1n) is 8.69. The highest BCUT2D eigenvalue weighted by Crippen LogP contribution is 2.34. The van der Waals surface area contributed by atoms with Crippen molar-refractivity contribution in [1.29, 1.82) is 0 Å². The van der Waals surface area contributed by atoms with E-state index in [-0.39, 0.29) is 17.7 Å². The normalized spacial score (nSPS) is 26.1. The van der Waals surface area contributed by atoms with E-state index < -0.39 is 0 Å². The van der Waals surface area contributed by atoms with Crippen LogP contribution in [0.1, 0.15) is 43.8 Å². The van der Waals surface area contributed by atoms with Crippen LogP contribution in [0.25, 0.3) is 0 Å². The zero-order valence-electron chi connectivity index (χ0n) is 13.6. The minimum absolute atomic E-state index is 0.118. The van der Waals surface area contributed by atoms with Crippen LogP contribution in [-0.2, 0) is 16.6 Å². The van der Waals surface area contributed by atoms with Crippen molar-refractivity contribution in [3.05, 3.63) is 18.2 Å². The van der Waals surface area contributed by atoms with E-state index in [1.54, 1.807) is 0 Å². The van der Waals surface area contributed by atoms with Crippen LogP contribution in [0, 0.1) is 5.92 Å². The summed E-state index contributed by atoms with van der Waals surface area (Å²) in [7, 11) is 2.02. The average molecular weight is 316 g/mol. The zero-order valence-corrected chi connectivity index (χ0v) is 13.6. The fraction of sp³-hybridized carbons (Fsp3) is 0.706. The molecule has 1 aliphatic carbocycles. The standard InChI is InChI=1S/C17H24N4O2/c1-19-9-6-18-16(19)12-4-7-20(8-5-12)17(23)13-10-15(22)21(11-13)14-2-3-14/h6,9,12-14H,2-5,7-8,10-11H2,1H3/t13-/m0/s1. The van der Waals surface area contributed by atoms with Gasteiger partial charge in [-0.3, -0.25) is 9.59 Å². The van der Waals surface area contributed by atoms with Gasteiger partial charge in [-0.05, 0) is 25.7 Å². The first-order chi connectivity index (χ1) is 11.1. The molecule has 2 saturated heterocycles. The van der Waals surface area contributed by atoms with Crippen LogP contribution >= 0.6 is 0 Å². The van der Waals surface area contributed by atoms with Crippen LogP contribution in [0.15, 0.2) is 12.4 Å². The minimum Gasteiger partial charge on any atom is -0.342 e. The van der Waals surface area contributed by atoms with Gasteiger partial charge in [0.05, 0.1) is 5.92 Å². The van der Waals surface area contributed by atoms with E-state index in [4.69, 9.17) is 0 Å². The maximum Gasteiger partial charge on any atom is 0.227 e. The van der Waals surface area contributed by atoms with Crippen molar-refractivity contribution in [3.63, 3.8) is 0 Å². The SMILES string of the molecule is Cn1ccnc1C1CCN(C(=O)[C@H]2CC(=O)N(C3CC3)C2)CC1. The molecule has 0 radical (unpaired) electrons. The predicted molar refractivity (Wildman–Crippen MR) is 84.6 cm³/mol. The van der Waals surface area contributed by atoms with E-state index in [0.717, 1.165) is 44.6 Å². The summed E-state index contributed by atoms with van der Waals surface area (Å²) >= 11 is 0. The van der Waals surface area contributed by atoms with Crippen LogP contribution in [-0.4, -0.2) is 56.8 Å². The fourth-order valence-corrected chi connectivity index (χ4v) is 4.02. The summed E-state index contributed by atoms with van der Waals surface area (Å²) in [6.07, 6.45) is 8.37. The number of nitrogens with zero attached hydrogens (tertiary/aromatic N) is 4. The van der Waals surface area contributed by atoms with Crippen LogP contribution in [0.3, 0.4) is 0 Å².